The van der Waals surface area contributed by atoms with E-state index >= 15 is 0 Å². The zero-order valence-corrected chi connectivity index (χ0v) is 7.75. The van der Waals surface area contributed by atoms with Crippen molar-refractivity contribution in [1.29, 1.82) is 0 Å². The van der Waals surface area contributed by atoms with Gasteiger partial charge in [0.25, 0.3) is 0 Å². The summed E-state index contributed by atoms with van der Waals surface area (Å²) in [6.07, 6.45) is 3.53. The molecule has 3 aromatic heterocycles. The van der Waals surface area contributed by atoms with Crippen LogP contribution in [0.25, 0.3) is 16.9 Å². The van der Waals surface area contributed by atoms with Crippen LogP contribution in [0.2, 0.25) is 0 Å². The molecule has 0 amide bonds. The van der Waals surface area contributed by atoms with Crippen LogP contribution in [0.3, 0.4) is 0 Å². The Morgan fingerprint density at radius 2 is 2.27 bits per heavy atom. The number of hydrogen-bond acceptors (Lipinski definition) is 4. The zero-order valence-electron chi connectivity index (χ0n) is 7.75. The quantitative estimate of drug-likeness (QED) is 0.605. The average Bonchev–Trinajstić information content (AvgIpc) is 2.82. The van der Waals surface area contributed by atoms with Gasteiger partial charge in [0.05, 0.1) is 11.9 Å². The molecule has 0 aliphatic rings. The molecule has 0 aliphatic heterocycles. The molecule has 0 saturated carbocycles. The first-order chi connectivity index (χ1) is 7.34. The predicted molar refractivity (Wildman–Crippen MR) is 55.0 cm³/mol. The molecule has 3 aromatic rings. The van der Waals surface area contributed by atoms with Crippen molar-refractivity contribution in [2.45, 2.75) is 0 Å². The van der Waals surface area contributed by atoms with Gasteiger partial charge in [-0.15, -0.1) is 5.10 Å². The summed E-state index contributed by atoms with van der Waals surface area (Å²) in [6, 6.07) is 5.70. The molecular formula is C9H8N6. The minimum absolute atomic E-state index is 0.269. The minimum atomic E-state index is 0.269. The molecule has 0 bridgehead atoms. The van der Waals surface area contributed by atoms with Gasteiger partial charge in [-0.05, 0) is 12.1 Å². The maximum atomic E-state index is 5.55. The number of aromatic nitrogens is 5. The third kappa shape index (κ3) is 1.15. The van der Waals surface area contributed by atoms with Crippen molar-refractivity contribution in [2.75, 3.05) is 5.73 Å². The van der Waals surface area contributed by atoms with Gasteiger partial charge < -0.3 is 5.73 Å². The second-order valence-electron chi connectivity index (χ2n) is 3.14. The van der Waals surface area contributed by atoms with Crippen LogP contribution in [0, 0.1) is 0 Å². The van der Waals surface area contributed by atoms with Crippen LogP contribution >= 0.6 is 0 Å². The molecule has 3 heterocycles. The number of nitrogens with zero attached hydrogens (tertiary/aromatic N) is 4. The monoisotopic (exact) mass is 200 g/mol. The number of rotatable bonds is 1. The van der Waals surface area contributed by atoms with Crippen molar-refractivity contribution in [2.24, 2.45) is 0 Å². The van der Waals surface area contributed by atoms with E-state index in [1.54, 1.807) is 16.9 Å². The average molecular weight is 200 g/mol. The van der Waals surface area contributed by atoms with Crippen LogP contribution in [0.15, 0.2) is 30.6 Å². The van der Waals surface area contributed by atoms with Gasteiger partial charge in [0.1, 0.15) is 0 Å². The largest absolute Gasteiger partial charge is 0.366 e. The molecule has 6 heteroatoms. The second-order valence-corrected chi connectivity index (χ2v) is 3.14. The molecule has 0 atom stereocenters. The van der Waals surface area contributed by atoms with Crippen LogP contribution < -0.4 is 5.73 Å². The van der Waals surface area contributed by atoms with Gasteiger partial charge in [-0.3, -0.25) is 5.10 Å². The molecule has 15 heavy (non-hydrogen) atoms. The second kappa shape index (κ2) is 2.81. The molecule has 6 nitrogen and oxygen atoms in total. The Morgan fingerprint density at radius 3 is 3.07 bits per heavy atom. The molecule has 0 aromatic carbocycles. The number of aromatic amines is 1. The summed E-state index contributed by atoms with van der Waals surface area (Å²) in [4.78, 5) is 4.08. The highest BCUT2D eigenvalue weighted by Crippen LogP contribution is 2.18. The highest BCUT2D eigenvalue weighted by atomic mass is 15.3. The third-order valence-electron chi connectivity index (χ3n) is 2.17. The number of fused-ring (bicyclic) bond motifs is 1. The Kier molecular flexibility index (Phi) is 1.49. The number of pyridine rings is 1. The Balaban J connectivity index is 2.35. The number of H-pyrrole nitrogens is 1. The first-order valence-electron chi connectivity index (χ1n) is 4.45. The fourth-order valence-corrected chi connectivity index (χ4v) is 1.53. The van der Waals surface area contributed by atoms with Gasteiger partial charge >= 0.3 is 0 Å². The highest BCUT2D eigenvalue weighted by molar-refractivity contribution is 5.61. The number of anilines is 1. The van der Waals surface area contributed by atoms with Gasteiger partial charge in [0, 0.05) is 11.8 Å². The number of nitrogens with one attached hydrogen (secondary N) is 1. The molecular weight excluding hydrogens is 192 g/mol. The first-order valence-corrected chi connectivity index (χ1v) is 4.45. The van der Waals surface area contributed by atoms with E-state index < -0.39 is 0 Å². The Labute approximate surface area is 84.8 Å². The number of nitrogens with two attached hydrogens (primary N) is 1. The number of nitrogen functional groups attached to an aromatic ring is 1. The molecule has 0 aliphatic carbocycles. The molecule has 74 valence electrons. The summed E-state index contributed by atoms with van der Waals surface area (Å²) in [5, 5.41) is 10.8. The van der Waals surface area contributed by atoms with Gasteiger partial charge in [0.2, 0.25) is 5.95 Å². The topological polar surface area (TPSA) is 84.9 Å². The SMILES string of the molecule is Nc1nc2cccc(-c3cn[nH]c3)n2n1. The molecule has 0 radical (unpaired) electrons. The van der Waals surface area contributed by atoms with E-state index in [1.165, 1.54) is 0 Å². The summed E-state index contributed by atoms with van der Waals surface area (Å²) in [5.41, 5.74) is 8.13. The fraction of sp³-hybridized carbons (Fsp3) is 0. The summed E-state index contributed by atoms with van der Waals surface area (Å²) < 4.78 is 1.69. The van der Waals surface area contributed by atoms with E-state index in [4.69, 9.17) is 5.73 Å². The van der Waals surface area contributed by atoms with Gasteiger partial charge in [0.15, 0.2) is 5.65 Å². The molecule has 0 unspecified atom stereocenters. The molecule has 0 fully saturated rings. The summed E-state index contributed by atoms with van der Waals surface area (Å²) in [5.74, 6) is 0.269. The molecule has 0 spiro atoms. The Morgan fingerprint density at radius 1 is 1.33 bits per heavy atom. The molecule has 3 N–H and O–H groups in total. The van der Waals surface area contributed by atoms with Crippen molar-refractivity contribution in [3.63, 3.8) is 0 Å². The van der Waals surface area contributed by atoms with E-state index in [9.17, 15) is 0 Å². The smallest absolute Gasteiger partial charge is 0.240 e. The number of hydrogen-bond donors (Lipinski definition) is 2. The fourth-order valence-electron chi connectivity index (χ4n) is 1.53. The van der Waals surface area contributed by atoms with Crippen molar-refractivity contribution in [1.82, 2.24) is 24.8 Å². The third-order valence-corrected chi connectivity index (χ3v) is 2.17. The lowest BCUT2D eigenvalue weighted by Crippen LogP contribution is -1.93. The van der Waals surface area contributed by atoms with E-state index in [2.05, 4.69) is 20.3 Å². The van der Waals surface area contributed by atoms with Crippen LogP contribution in [0.4, 0.5) is 5.95 Å². The Bertz CT molecular complexity index is 594. The van der Waals surface area contributed by atoms with Crippen LogP contribution in [-0.4, -0.2) is 24.8 Å². The normalized spacial score (nSPS) is 10.9. The Hall–Kier alpha value is -2.37. The lowest BCUT2D eigenvalue weighted by molar-refractivity contribution is 0.976. The van der Waals surface area contributed by atoms with E-state index in [0.29, 0.717) is 0 Å². The molecule has 0 saturated heterocycles. The lowest BCUT2D eigenvalue weighted by atomic mass is 10.2. The standard InChI is InChI=1S/C9H8N6/c10-9-13-8-3-1-2-7(15(8)14-9)6-4-11-12-5-6/h1-5H,(H2,10,14)(H,11,12). The van der Waals surface area contributed by atoms with Crippen LogP contribution in [0.1, 0.15) is 0 Å². The summed E-state index contributed by atoms with van der Waals surface area (Å²) in [7, 11) is 0. The van der Waals surface area contributed by atoms with Crippen molar-refractivity contribution in [3.05, 3.63) is 30.6 Å². The van der Waals surface area contributed by atoms with Crippen molar-refractivity contribution >= 4 is 11.6 Å². The maximum absolute atomic E-state index is 5.55. The lowest BCUT2D eigenvalue weighted by Gasteiger charge is -1.99. The minimum Gasteiger partial charge on any atom is -0.366 e. The van der Waals surface area contributed by atoms with E-state index in [1.807, 2.05) is 18.2 Å². The van der Waals surface area contributed by atoms with Crippen molar-refractivity contribution < 1.29 is 0 Å². The summed E-state index contributed by atoms with van der Waals surface area (Å²) in [6.45, 7) is 0. The predicted octanol–water partition coefficient (Wildman–Crippen LogP) is 0.702. The maximum Gasteiger partial charge on any atom is 0.240 e. The zero-order chi connectivity index (χ0) is 10.3. The van der Waals surface area contributed by atoms with Crippen molar-refractivity contribution in [3.8, 4) is 11.3 Å². The molecule has 3 rings (SSSR count). The van der Waals surface area contributed by atoms with Gasteiger partial charge in [-0.1, -0.05) is 6.07 Å². The first kappa shape index (κ1) is 7.98. The van der Waals surface area contributed by atoms with Gasteiger partial charge in [-0.25, -0.2) is 4.52 Å². The van der Waals surface area contributed by atoms with E-state index in [0.717, 1.165) is 16.9 Å². The van der Waals surface area contributed by atoms with Gasteiger partial charge in [-0.2, -0.15) is 10.1 Å². The highest BCUT2D eigenvalue weighted by Gasteiger charge is 2.06. The van der Waals surface area contributed by atoms with Crippen LogP contribution in [-0.2, 0) is 0 Å². The van der Waals surface area contributed by atoms with Crippen LogP contribution in [0.5, 0.6) is 0 Å². The summed E-state index contributed by atoms with van der Waals surface area (Å²) >= 11 is 0. The van der Waals surface area contributed by atoms with E-state index in [-0.39, 0.29) is 5.95 Å².